The molecule has 0 amide bonds. The molecule has 0 N–H and O–H groups in total. The quantitative estimate of drug-likeness (QED) is 0.369. The normalized spacial score (nSPS) is 27.8. The fourth-order valence-electron chi connectivity index (χ4n) is 3.84. The van der Waals surface area contributed by atoms with Crippen LogP contribution >= 0.6 is 0 Å². The number of carbonyl (C=O) groups excluding carboxylic acids is 3. The third kappa shape index (κ3) is 3.95. The van der Waals surface area contributed by atoms with Gasteiger partial charge in [-0.25, -0.2) is 14.4 Å². The molecule has 13 heteroatoms. The predicted octanol–water partition coefficient (Wildman–Crippen LogP) is 0.0150. The summed E-state index contributed by atoms with van der Waals surface area (Å²) < 4.78 is 90.4. The highest BCUT2D eigenvalue weighted by molar-refractivity contribution is 5.73. The van der Waals surface area contributed by atoms with Gasteiger partial charge < -0.3 is 18.9 Å². The number of esters is 3. The number of imidazole rings is 2. The predicted molar refractivity (Wildman–Crippen MR) is 110 cm³/mol. The van der Waals surface area contributed by atoms with E-state index < -0.39 is 75.2 Å². The summed E-state index contributed by atoms with van der Waals surface area (Å²) in [5, 5.41) is 0. The molecular formula is C20H23N5O8. The largest absolute Gasteiger partial charge is 0.463 e. The van der Waals surface area contributed by atoms with E-state index in [9.17, 15) is 19.2 Å². The van der Waals surface area contributed by atoms with Crippen LogP contribution in [0.3, 0.4) is 0 Å². The maximum atomic E-state index is 13.1. The van der Waals surface area contributed by atoms with Crippen LogP contribution in [0.15, 0.2) is 17.3 Å². The minimum absolute atomic E-state index is 0.0130. The first-order chi connectivity index (χ1) is 19.2. The third-order valence-electron chi connectivity index (χ3n) is 5.04. The van der Waals surface area contributed by atoms with Crippen LogP contribution in [-0.2, 0) is 40.4 Å². The molecule has 0 aromatic carbocycles. The van der Waals surface area contributed by atoms with Gasteiger partial charge in [0.25, 0.3) is 5.56 Å². The van der Waals surface area contributed by atoms with E-state index in [0.29, 0.717) is 5.69 Å². The molecule has 0 unspecified atom stereocenters. The number of nitrogens with zero attached hydrogens (tertiary/aromatic N) is 5. The standard InChI is InChI=1S/C20H23N5O8/c1-9-6-24-18(29)14-17(23(5)20(24)22-9)25(8-21-14)19-16(32-12(4)28)15(31-11(3)27)13(33-19)7-30-10(2)26/h6,8,13,15-16,19H,7H2,1-5H3/t13-,15-,16-,19-/m1/s1/i2D3,3D3,4D3. The molecule has 4 heterocycles. The fraction of sp³-hybridized carbons (Fsp3) is 0.500. The summed E-state index contributed by atoms with van der Waals surface area (Å²) in [6.45, 7) is -9.20. The molecule has 0 saturated carbocycles. The smallest absolute Gasteiger partial charge is 0.303 e. The summed E-state index contributed by atoms with van der Waals surface area (Å²) in [5.74, 6) is -5.13. The van der Waals surface area contributed by atoms with Gasteiger partial charge in [0.1, 0.15) is 12.7 Å². The van der Waals surface area contributed by atoms with Gasteiger partial charge >= 0.3 is 17.9 Å². The monoisotopic (exact) mass is 470 g/mol. The molecule has 176 valence electrons. The lowest BCUT2D eigenvalue weighted by Gasteiger charge is -2.24. The maximum absolute atomic E-state index is 13.1. The molecule has 0 radical (unpaired) electrons. The van der Waals surface area contributed by atoms with E-state index in [1.807, 2.05) is 0 Å². The molecular weight excluding hydrogens is 438 g/mol. The lowest BCUT2D eigenvalue weighted by molar-refractivity contribution is -0.166. The van der Waals surface area contributed by atoms with Crippen LogP contribution in [0.2, 0.25) is 0 Å². The third-order valence-corrected chi connectivity index (χ3v) is 5.04. The van der Waals surface area contributed by atoms with Crippen molar-refractivity contribution in [1.29, 1.82) is 0 Å². The van der Waals surface area contributed by atoms with Crippen molar-refractivity contribution in [2.45, 2.75) is 52.0 Å². The molecule has 1 saturated heterocycles. The zero-order chi connectivity index (χ0) is 31.5. The Hall–Kier alpha value is -3.74. The highest BCUT2D eigenvalue weighted by Gasteiger charge is 2.51. The first-order valence-electron chi connectivity index (χ1n) is 13.9. The number of ether oxygens (including phenoxy) is 4. The number of carbonyl (C=O) groups is 3. The van der Waals surface area contributed by atoms with Crippen molar-refractivity contribution in [3.8, 4) is 0 Å². The number of fused-ring (bicyclic) bond motifs is 2. The summed E-state index contributed by atoms with van der Waals surface area (Å²) in [7, 11) is 1.50. The van der Waals surface area contributed by atoms with E-state index in [-0.39, 0.29) is 16.9 Å². The second-order valence-electron chi connectivity index (χ2n) is 7.14. The summed E-state index contributed by atoms with van der Waals surface area (Å²) in [5.41, 5.74) is -0.254. The first-order valence-corrected chi connectivity index (χ1v) is 9.38. The average Bonchev–Trinajstić information content (AvgIpc) is 3.55. The second-order valence-corrected chi connectivity index (χ2v) is 7.14. The van der Waals surface area contributed by atoms with Crippen molar-refractivity contribution < 1.29 is 45.7 Å². The van der Waals surface area contributed by atoms with Gasteiger partial charge in [0.15, 0.2) is 29.6 Å². The van der Waals surface area contributed by atoms with Crippen molar-refractivity contribution in [1.82, 2.24) is 23.5 Å². The summed E-state index contributed by atoms with van der Waals surface area (Å²) in [6.07, 6.45) is -4.69. The highest BCUT2D eigenvalue weighted by atomic mass is 16.7. The number of hydrogen-bond donors (Lipinski definition) is 0. The van der Waals surface area contributed by atoms with Crippen LogP contribution in [0.5, 0.6) is 0 Å². The van der Waals surface area contributed by atoms with Crippen LogP contribution in [-0.4, -0.2) is 66.3 Å². The number of aromatic nitrogens is 5. The Morgan fingerprint density at radius 1 is 1.15 bits per heavy atom. The van der Waals surface area contributed by atoms with Crippen molar-refractivity contribution in [3.05, 3.63) is 28.6 Å². The molecule has 0 spiro atoms. The van der Waals surface area contributed by atoms with Crippen LogP contribution in [0, 0.1) is 6.92 Å². The molecule has 4 atom stereocenters. The van der Waals surface area contributed by atoms with Gasteiger partial charge in [-0.05, 0) is 6.92 Å². The van der Waals surface area contributed by atoms with Gasteiger partial charge in [0, 0.05) is 46.1 Å². The van der Waals surface area contributed by atoms with Crippen molar-refractivity contribution in [2.75, 3.05) is 6.61 Å². The summed E-state index contributed by atoms with van der Waals surface area (Å²) in [4.78, 5) is 58.3. The van der Waals surface area contributed by atoms with E-state index in [0.717, 1.165) is 10.9 Å². The molecule has 1 aliphatic rings. The number of rotatable bonds is 5. The van der Waals surface area contributed by atoms with Crippen LogP contribution in [0.1, 0.15) is 44.8 Å². The average molecular weight is 470 g/mol. The van der Waals surface area contributed by atoms with E-state index >= 15 is 0 Å². The van der Waals surface area contributed by atoms with Gasteiger partial charge in [-0.3, -0.25) is 28.3 Å². The zero-order valence-electron chi connectivity index (χ0n) is 26.2. The van der Waals surface area contributed by atoms with Crippen LogP contribution < -0.4 is 5.56 Å². The van der Waals surface area contributed by atoms with E-state index in [4.69, 9.17) is 31.3 Å². The van der Waals surface area contributed by atoms with Gasteiger partial charge in [-0.1, -0.05) is 0 Å². The molecule has 4 rings (SSSR count). The Labute approximate surface area is 199 Å². The lowest BCUT2D eigenvalue weighted by atomic mass is 10.1. The first kappa shape index (κ1) is 13.7. The second kappa shape index (κ2) is 8.31. The minimum atomic E-state index is -3.34. The van der Waals surface area contributed by atoms with Gasteiger partial charge in [-0.15, -0.1) is 0 Å². The van der Waals surface area contributed by atoms with Crippen LogP contribution in [0.4, 0.5) is 0 Å². The maximum Gasteiger partial charge on any atom is 0.303 e. The van der Waals surface area contributed by atoms with Gasteiger partial charge in [-0.2, -0.15) is 0 Å². The van der Waals surface area contributed by atoms with E-state index in [1.165, 1.54) is 22.2 Å². The molecule has 33 heavy (non-hydrogen) atoms. The Balaban J connectivity index is 1.86. The van der Waals surface area contributed by atoms with E-state index in [2.05, 4.69) is 9.97 Å². The van der Waals surface area contributed by atoms with Gasteiger partial charge in [0.05, 0.1) is 12.0 Å². The molecule has 3 aromatic heterocycles. The Bertz CT molecular complexity index is 1620. The van der Waals surface area contributed by atoms with E-state index in [1.54, 1.807) is 6.92 Å². The molecule has 1 aliphatic heterocycles. The SMILES string of the molecule is [2H]C([2H])([2H])C(=O)OC[C@H]1O[C@@H](n2cnc3c(=O)n4cc(C)nc4n(C)c32)[C@H](OC(=O)C([2H])([2H])[2H])[C@@H]1OC(=O)C([2H])([2H])[2H]. The van der Waals surface area contributed by atoms with Crippen LogP contribution in [0.25, 0.3) is 16.9 Å². The molecule has 0 bridgehead atoms. The van der Waals surface area contributed by atoms with Gasteiger partial charge in [0.2, 0.25) is 5.78 Å². The Morgan fingerprint density at radius 3 is 2.55 bits per heavy atom. The topological polar surface area (TPSA) is 145 Å². The Kier molecular flexibility index (Phi) is 3.46. The van der Waals surface area contributed by atoms with Crippen molar-refractivity contribution >= 4 is 34.8 Å². The highest BCUT2D eigenvalue weighted by Crippen LogP contribution is 2.36. The lowest BCUT2D eigenvalue weighted by Crippen LogP contribution is -2.40. The van der Waals surface area contributed by atoms with Crippen molar-refractivity contribution in [2.24, 2.45) is 7.05 Å². The summed E-state index contributed by atoms with van der Waals surface area (Å²) in [6, 6.07) is 0. The van der Waals surface area contributed by atoms with Crippen molar-refractivity contribution in [3.63, 3.8) is 0 Å². The summed E-state index contributed by atoms with van der Waals surface area (Å²) >= 11 is 0. The minimum Gasteiger partial charge on any atom is -0.463 e. The molecule has 1 fully saturated rings. The molecule has 0 aliphatic carbocycles. The molecule has 3 aromatic rings. The number of hydrogen-bond acceptors (Lipinski definition) is 10. The fourth-order valence-corrected chi connectivity index (χ4v) is 3.84. The zero-order valence-corrected chi connectivity index (χ0v) is 17.2. The Morgan fingerprint density at radius 2 is 1.85 bits per heavy atom. The molecule has 13 nitrogen and oxygen atoms in total. The number of aryl methyl sites for hydroxylation is 2.